The van der Waals surface area contributed by atoms with Crippen molar-refractivity contribution in [2.75, 3.05) is 7.05 Å². The topological polar surface area (TPSA) is 151 Å². The zero-order valence-electron chi connectivity index (χ0n) is 10.4. The first-order valence-corrected chi connectivity index (χ1v) is 5.12. The highest BCUT2D eigenvalue weighted by Crippen LogP contribution is 2.31. The number of aromatic hydroxyl groups is 1. The highest BCUT2D eigenvalue weighted by molar-refractivity contribution is 6.01. The van der Waals surface area contributed by atoms with Crippen molar-refractivity contribution < 1.29 is 34.4 Å². The van der Waals surface area contributed by atoms with E-state index in [2.05, 4.69) is 25.0 Å². The van der Waals surface area contributed by atoms with Crippen LogP contribution in [0.4, 0.5) is 9.59 Å². The van der Waals surface area contributed by atoms with Gasteiger partial charge in [-0.25, -0.2) is 9.59 Å². The lowest BCUT2D eigenvalue weighted by atomic mass is 10.2. The molecule has 10 nitrogen and oxygen atoms in total. The molecule has 0 atom stereocenters. The number of rotatable bonds is 4. The number of nitrogens with one attached hydrogen (secondary N) is 1. The lowest BCUT2D eigenvalue weighted by Crippen LogP contribution is -2.12. The Kier molecular flexibility index (Phi) is 4.67. The van der Waals surface area contributed by atoms with Crippen LogP contribution in [-0.4, -0.2) is 45.4 Å². The largest absolute Gasteiger partial charge is 0.512 e. The van der Waals surface area contributed by atoms with Crippen LogP contribution in [0.3, 0.4) is 0 Å². The zero-order chi connectivity index (χ0) is 15.3. The number of carbonyl (C=O) groups is 2. The van der Waals surface area contributed by atoms with Crippen LogP contribution in [0.15, 0.2) is 11.2 Å². The molecule has 0 spiro atoms. The van der Waals surface area contributed by atoms with Crippen LogP contribution in [-0.2, 0) is 0 Å². The molecule has 108 valence electrons. The molecule has 20 heavy (non-hydrogen) atoms. The average molecular weight is 285 g/mol. The number of pyridine rings is 1. The Labute approximate surface area is 112 Å². The van der Waals surface area contributed by atoms with Crippen LogP contribution >= 0.6 is 0 Å². The zero-order valence-corrected chi connectivity index (χ0v) is 10.4. The Morgan fingerprint density at radius 3 is 2.40 bits per heavy atom. The first-order valence-electron chi connectivity index (χ1n) is 5.12. The maximum atomic E-state index is 10.5. The van der Waals surface area contributed by atoms with Gasteiger partial charge in [0.2, 0.25) is 5.88 Å². The molecule has 0 aromatic carbocycles. The van der Waals surface area contributed by atoms with Crippen molar-refractivity contribution in [1.82, 2.24) is 10.4 Å². The molecule has 0 saturated carbocycles. The fourth-order valence-corrected chi connectivity index (χ4v) is 1.29. The summed E-state index contributed by atoms with van der Waals surface area (Å²) >= 11 is 0. The van der Waals surface area contributed by atoms with E-state index in [4.69, 9.17) is 10.2 Å². The van der Waals surface area contributed by atoms with Crippen LogP contribution in [0.25, 0.3) is 0 Å². The summed E-state index contributed by atoms with van der Waals surface area (Å²) < 4.78 is 8.57. The quantitative estimate of drug-likeness (QED) is 0.358. The van der Waals surface area contributed by atoms with Crippen molar-refractivity contribution in [3.63, 3.8) is 0 Å². The SMILES string of the molecule is CNN=C(C)c1cc(OC(=O)O)c(OC(=O)O)nc1O. The molecule has 0 unspecified atom stereocenters. The normalized spacial score (nSPS) is 10.8. The predicted molar refractivity (Wildman–Crippen MR) is 64.5 cm³/mol. The Morgan fingerprint density at radius 1 is 1.30 bits per heavy atom. The van der Waals surface area contributed by atoms with Gasteiger partial charge in [-0.2, -0.15) is 10.1 Å². The van der Waals surface area contributed by atoms with E-state index in [1.165, 1.54) is 14.0 Å². The predicted octanol–water partition coefficient (Wildman–Crippen LogP) is 0.844. The lowest BCUT2D eigenvalue weighted by molar-refractivity contribution is 0.130. The molecule has 0 radical (unpaired) electrons. The summed E-state index contributed by atoms with van der Waals surface area (Å²) in [6, 6.07) is 1.05. The summed E-state index contributed by atoms with van der Waals surface area (Å²) in [5.74, 6) is -1.77. The fourth-order valence-electron chi connectivity index (χ4n) is 1.29. The van der Waals surface area contributed by atoms with Crippen LogP contribution in [0, 0.1) is 0 Å². The molecule has 1 aromatic heterocycles. The number of hydrazone groups is 1. The number of hydrogen-bond acceptors (Lipinski definition) is 8. The van der Waals surface area contributed by atoms with Crippen LogP contribution < -0.4 is 14.9 Å². The highest BCUT2D eigenvalue weighted by Gasteiger charge is 2.20. The Hall–Kier alpha value is -3.04. The van der Waals surface area contributed by atoms with Gasteiger partial charge in [-0.05, 0) is 6.92 Å². The van der Waals surface area contributed by atoms with Gasteiger partial charge < -0.3 is 30.2 Å². The Morgan fingerprint density at radius 2 is 1.90 bits per heavy atom. The van der Waals surface area contributed by atoms with Crippen LogP contribution in [0.1, 0.15) is 12.5 Å². The van der Waals surface area contributed by atoms with E-state index in [0.29, 0.717) is 0 Å². The van der Waals surface area contributed by atoms with Crippen molar-refractivity contribution in [1.29, 1.82) is 0 Å². The maximum Gasteiger partial charge on any atom is 0.512 e. The van der Waals surface area contributed by atoms with Crippen LogP contribution in [0.2, 0.25) is 0 Å². The van der Waals surface area contributed by atoms with E-state index in [9.17, 15) is 14.7 Å². The van der Waals surface area contributed by atoms with E-state index in [-0.39, 0.29) is 11.3 Å². The second kappa shape index (κ2) is 6.22. The molecule has 0 bridgehead atoms. The minimum absolute atomic E-state index is 0.0494. The van der Waals surface area contributed by atoms with E-state index in [0.717, 1.165) is 6.07 Å². The van der Waals surface area contributed by atoms with E-state index in [1.807, 2.05) is 0 Å². The van der Waals surface area contributed by atoms with Crippen molar-refractivity contribution in [3.05, 3.63) is 11.6 Å². The fraction of sp³-hybridized carbons (Fsp3) is 0.200. The third kappa shape index (κ3) is 3.73. The van der Waals surface area contributed by atoms with Crippen molar-refractivity contribution in [3.8, 4) is 17.5 Å². The minimum atomic E-state index is -1.74. The van der Waals surface area contributed by atoms with E-state index in [1.54, 1.807) is 0 Å². The van der Waals surface area contributed by atoms with Gasteiger partial charge in [-0.3, -0.25) is 0 Å². The van der Waals surface area contributed by atoms with Gasteiger partial charge in [-0.1, -0.05) is 0 Å². The second-order valence-electron chi connectivity index (χ2n) is 3.32. The summed E-state index contributed by atoms with van der Waals surface area (Å²) in [7, 11) is 1.52. The molecular formula is C10H11N3O7. The van der Waals surface area contributed by atoms with Gasteiger partial charge >= 0.3 is 12.3 Å². The van der Waals surface area contributed by atoms with Gasteiger partial charge in [0.05, 0.1) is 11.3 Å². The molecule has 0 amide bonds. The average Bonchev–Trinajstić information content (AvgIpc) is 2.31. The molecular weight excluding hydrogens is 274 g/mol. The third-order valence-corrected chi connectivity index (χ3v) is 1.99. The molecule has 0 fully saturated rings. The molecule has 1 rings (SSSR count). The van der Waals surface area contributed by atoms with E-state index >= 15 is 0 Å². The van der Waals surface area contributed by atoms with Gasteiger partial charge in [0, 0.05) is 13.1 Å². The van der Waals surface area contributed by atoms with Crippen molar-refractivity contribution in [2.45, 2.75) is 6.92 Å². The summed E-state index contributed by atoms with van der Waals surface area (Å²) in [5.41, 5.74) is 2.79. The van der Waals surface area contributed by atoms with Gasteiger partial charge in [0.1, 0.15) is 0 Å². The number of carboxylic acid groups (broad SMARTS) is 2. The first kappa shape index (κ1) is 15.0. The number of hydrogen-bond donors (Lipinski definition) is 4. The molecule has 0 aliphatic carbocycles. The molecule has 10 heteroatoms. The molecule has 1 heterocycles. The summed E-state index contributed by atoms with van der Waals surface area (Å²) in [5, 5.41) is 30.5. The summed E-state index contributed by atoms with van der Waals surface area (Å²) in [6.45, 7) is 1.51. The number of ether oxygens (including phenoxy) is 2. The molecule has 0 aliphatic heterocycles. The Bertz CT molecular complexity index is 570. The number of nitrogens with zero attached hydrogens (tertiary/aromatic N) is 2. The smallest absolute Gasteiger partial charge is 0.493 e. The highest BCUT2D eigenvalue weighted by atomic mass is 16.7. The molecule has 1 aromatic rings. The third-order valence-electron chi connectivity index (χ3n) is 1.99. The van der Waals surface area contributed by atoms with Crippen molar-refractivity contribution >= 4 is 18.0 Å². The minimum Gasteiger partial charge on any atom is -0.493 e. The van der Waals surface area contributed by atoms with Crippen LogP contribution in [0.5, 0.6) is 17.5 Å². The standard InChI is InChI=1S/C10H11N3O7/c1-4(13-11-2)5-3-6(19-9(15)16)8(12-7(5)14)20-10(17)18/h3,11H,1-2H3,(H,12,14)(H,15,16)(H,17,18). The Balaban J connectivity index is 3.34. The molecule has 4 N–H and O–H groups in total. The number of aromatic nitrogens is 1. The molecule has 0 aliphatic rings. The monoisotopic (exact) mass is 285 g/mol. The molecule has 0 saturated heterocycles. The maximum absolute atomic E-state index is 10.5. The summed E-state index contributed by atoms with van der Waals surface area (Å²) in [4.78, 5) is 24.4. The first-order chi connectivity index (χ1) is 9.35. The van der Waals surface area contributed by atoms with Gasteiger partial charge in [0.15, 0.2) is 5.75 Å². The van der Waals surface area contributed by atoms with E-state index < -0.39 is 29.8 Å². The van der Waals surface area contributed by atoms with Gasteiger partial charge in [-0.15, -0.1) is 0 Å². The van der Waals surface area contributed by atoms with Gasteiger partial charge in [0.25, 0.3) is 5.88 Å². The lowest BCUT2D eigenvalue weighted by Gasteiger charge is -2.09. The summed E-state index contributed by atoms with van der Waals surface area (Å²) in [6.07, 6.45) is -3.43. The second-order valence-corrected chi connectivity index (χ2v) is 3.32. The van der Waals surface area contributed by atoms with Crippen molar-refractivity contribution in [2.24, 2.45) is 5.10 Å².